The molecule has 1 aromatic rings. The first-order valence-electron chi connectivity index (χ1n) is 4.59. The molecule has 0 atom stereocenters. The van der Waals surface area contributed by atoms with E-state index in [1.54, 1.807) is 0 Å². The first-order chi connectivity index (χ1) is 7.22. The zero-order valence-corrected chi connectivity index (χ0v) is 9.17. The maximum atomic E-state index is 10.5. The number of halogens is 1. The lowest BCUT2D eigenvalue weighted by Crippen LogP contribution is -2.26. The Labute approximate surface area is 92.4 Å². The number of carbonyl (C=O) groups excluding carboxylic acids is 1. The highest BCUT2D eigenvalue weighted by Gasteiger charge is 2.03. The molecule has 1 aromatic heterocycles. The summed E-state index contributed by atoms with van der Waals surface area (Å²) < 4.78 is 5.20. The van der Waals surface area contributed by atoms with Crippen LogP contribution in [0.3, 0.4) is 0 Å². The molecule has 0 saturated heterocycles. The molecule has 0 aromatic carbocycles. The summed E-state index contributed by atoms with van der Waals surface area (Å²) in [6.07, 6.45) is 0.557. The van der Waals surface area contributed by atoms with Gasteiger partial charge in [-0.2, -0.15) is 0 Å². The third kappa shape index (κ3) is 4.64. The normalized spacial score (nSPS) is 10.0. The van der Waals surface area contributed by atoms with E-state index in [-0.39, 0.29) is 5.91 Å². The van der Waals surface area contributed by atoms with Gasteiger partial charge in [-0.25, -0.2) is 0 Å². The Morgan fingerprint density at radius 2 is 2.27 bits per heavy atom. The van der Waals surface area contributed by atoms with E-state index in [4.69, 9.17) is 16.0 Å². The van der Waals surface area contributed by atoms with Crippen molar-refractivity contribution in [3.05, 3.63) is 5.89 Å². The summed E-state index contributed by atoms with van der Waals surface area (Å²) in [7, 11) is 0. The molecule has 0 aliphatic carbocycles. The van der Waals surface area contributed by atoms with Crippen molar-refractivity contribution in [1.29, 1.82) is 0 Å². The molecule has 0 fully saturated rings. The minimum atomic E-state index is -0.0647. The summed E-state index contributed by atoms with van der Waals surface area (Å²) >= 11 is 5.51. The minimum absolute atomic E-state index is 0.0647. The number of anilines is 1. The number of alkyl halides is 1. The molecule has 0 aliphatic heterocycles. The van der Waals surface area contributed by atoms with E-state index in [9.17, 15) is 4.79 Å². The molecule has 0 bridgehead atoms. The Balaban J connectivity index is 2.22. The summed E-state index contributed by atoms with van der Waals surface area (Å²) in [5, 5.41) is 13.0. The van der Waals surface area contributed by atoms with Crippen LogP contribution in [0.5, 0.6) is 0 Å². The highest BCUT2D eigenvalue weighted by molar-refractivity contribution is 6.17. The lowest BCUT2D eigenvalue weighted by molar-refractivity contribution is -0.118. The summed E-state index contributed by atoms with van der Waals surface area (Å²) in [4.78, 5) is 10.5. The fourth-order valence-electron chi connectivity index (χ4n) is 0.915. The first-order valence-corrected chi connectivity index (χ1v) is 5.12. The van der Waals surface area contributed by atoms with Gasteiger partial charge in [0.1, 0.15) is 0 Å². The van der Waals surface area contributed by atoms with Crippen LogP contribution >= 0.6 is 11.6 Å². The molecule has 6 nitrogen and oxygen atoms in total. The highest BCUT2D eigenvalue weighted by atomic mass is 35.5. The van der Waals surface area contributed by atoms with Gasteiger partial charge in [0.2, 0.25) is 11.8 Å². The summed E-state index contributed by atoms with van der Waals surface area (Å²) in [6, 6.07) is 0.348. The van der Waals surface area contributed by atoms with Crippen LogP contribution in [0.25, 0.3) is 0 Å². The Morgan fingerprint density at radius 1 is 1.47 bits per heavy atom. The van der Waals surface area contributed by atoms with Gasteiger partial charge < -0.3 is 15.1 Å². The number of amides is 1. The number of carbonyl (C=O) groups is 1. The van der Waals surface area contributed by atoms with Crippen molar-refractivity contribution in [3.8, 4) is 0 Å². The van der Waals surface area contributed by atoms with Gasteiger partial charge in [0.25, 0.3) is 0 Å². The van der Waals surface area contributed by atoms with E-state index in [1.165, 1.54) is 6.92 Å². The molecule has 0 aliphatic rings. The SMILES string of the molecule is CC(=O)NCCNc1nnc(CCCl)o1. The lowest BCUT2D eigenvalue weighted by atomic mass is 10.5. The Kier molecular flexibility index (Phi) is 4.89. The molecule has 84 valence electrons. The Bertz CT molecular complexity index is 315. The lowest BCUT2D eigenvalue weighted by Gasteiger charge is -2.01. The van der Waals surface area contributed by atoms with E-state index in [2.05, 4.69) is 20.8 Å². The monoisotopic (exact) mass is 232 g/mol. The van der Waals surface area contributed by atoms with Crippen molar-refractivity contribution in [2.24, 2.45) is 0 Å². The quantitative estimate of drug-likeness (QED) is 0.548. The van der Waals surface area contributed by atoms with Gasteiger partial charge >= 0.3 is 6.01 Å². The fourth-order valence-corrected chi connectivity index (χ4v) is 1.08. The average molecular weight is 233 g/mol. The number of nitrogens with one attached hydrogen (secondary N) is 2. The largest absolute Gasteiger partial charge is 0.408 e. The number of hydrogen-bond acceptors (Lipinski definition) is 5. The second kappa shape index (κ2) is 6.23. The van der Waals surface area contributed by atoms with Crippen molar-refractivity contribution in [2.45, 2.75) is 13.3 Å². The molecule has 1 rings (SSSR count). The summed E-state index contributed by atoms with van der Waals surface area (Å²) in [6.45, 7) is 2.52. The van der Waals surface area contributed by atoms with Gasteiger partial charge in [0, 0.05) is 32.3 Å². The standard InChI is InChI=1S/C8H13ClN4O2/c1-6(14)10-4-5-11-8-13-12-7(15-8)2-3-9/h2-5H2,1H3,(H,10,14)(H,11,13). The van der Waals surface area contributed by atoms with E-state index in [1.807, 2.05) is 0 Å². The highest BCUT2D eigenvalue weighted by Crippen LogP contribution is 2.05. The van der Waals surface area contributed by atoms with Crippen LogP contribution in [0.1, 0.15) is 12.8 Å². The van der Waals surface area contributed by atoms with Crippen molar-refractivity contribution in [3.63, 3.8) is 0 Å². The van der Waals surface area contributed by atoms with Crippen LogP contribution in [0, 0.1) is 0 Å². The topological polar surface area (TPSA) is 80.0 Å². The van der Waals surface area contributed by atoms with E-state index in [0.29, 0.717) is 37.3 Å². The number of rotatable bonds is 6. The van der Waals surface area contributed by atoms with Gasteiger partial charge in [-0.1, -0.05) is 5.10 Å². The van der Waals surface area contributed by atoms with Crippen molar-refractivity contribution in [2.75, 3.05) is 24.3 Å². The van der Waals surface area contributed by atoms with Crippen LogP contribution in [-0.4, -0.2) is 35.1 Å². The smallest absolute Gasteiger partial charge is 0.315 e. The second-order valence-corrected chi connectivity index (χ2v) is 3.23. The van der Waals surface area contributed by atoms with Crippen LogP contribution in [-0.2, 0) is 11.2 Å². The third-order valence-electron chi connectivity index (χ3n) is 1.55. The van der Waals surface area contributed by atoms with Gasteiger partial charge in [0.15, 0.2) is 0 Å². The maximum absolute atomic E-state index is 10.5. The molecule has 15 heavy (non-hydrogen) atoms. The maximum Gasteiger partial charge on any atom is 0.315 e. The van der Waals surface area contributed by atoms with E-state index < -0.39 is 0 Å². The molecule has 1 amide bonds. The van der Waals surface area contributed by atoms with E-state index >= 15 is 0 Å². The Hall–Kier alpha value is -1.30. The molecular formula is C8H13ClN4O2. The fraction of sp³-hybridized carbons (Fsp3) is 0.625. The Morgan fingerprint density at radius 3 is 2.93 bits per heavy atom. The van der Waals surface area contributed by atoms with Crippen molar-refractivity contribution in [1.82, 2.24) is 15.5 Å². The molecule has 0 saturated carbocycles. The van der Waals surface area contributed by atoms with Gasteiger partial charge in [-0.3, -0.25) is 4.79 Å². The van der Waals surface area contributed by atoms with Crippen LogP contribution in [0.15, 0.2) is 4.42 Å². The minimum Gasteiger partial charge on any atom is -0.408 e. The molecule has 0 unspecified atom stereocenters. The van der Waals surface area contributed by atoms with Gasteiger partial charge in [0.05, 0.1) is 0 Å². The van der Waals surface area contributed by atoms with Crippen LogP contribution in [0.2, 0.25) is 0 Å². The first kappa shape index (κ1) is 11.8. The van der Waals surface area contributed by atoms with Crippen molar-refractivity contribution >= 4 is 23.5 Å². The third-order valence-corrected chi connectivity index (χ3v) is 1.74. The average Bonchev–Trinajstić information content (AvgIpc) is 2.61. The number of hydrogen-bond donors (Lipinski definition) is 2. The molecule has 1 heterocycles. The van der Waals surface area contributed by atoms with Crippen LogP contribution < -0.4 is 10.6 Å². The zero-order valence-electron chi connectivity index (χ0n) is 8.42. The van der Waals surface area contributed by atoms with Crippen LogP contribution in [0.4, 0.5) is 6.01 Å². The van der Waals surface area contributed by atoms with Gasteiger partial charge in [-0.15, -0.1) is 16.7 Å². The molecule has 0 spiro atoms. The van der Waals surface area contributed by atoms with E-state index in [0.717, 1.165) is 0 Å². The van der Waals surface area contributed by atoms with Crippen molar-refractivity contribution < 1.29 is 9.21 Å². The number of nitrogens with zero attached hydrogens (tertiary/aromatic N) is 2. The van der Waals surface area contributed by atoms with Gasteiger partial charge in [-0.05, 0) is 0 Å². The molecule has 2 N–H and O–H groups in total. The summed E-state index contributed by atoms with van der Waals surface area (Å²) in [5.74, 6) is 0.894. The number of aryl methyl sites for hydroxylation is 1. The number of aromatic nitrogens is 2. The second-order valence-electron chi connectivity index (χ2n) is 2.85. The summed E-state index contributed by atoms with van der Waals surface area (Å²) in [5.41, 5.74) is 0. The predicted octanol–water partition coefficient (Wildman–Crippen LogP) is 0.399. The molecule has 7 heteroatoms. The predicted molar refractivity (Wildman–Crippen MR) is 55.9 cm³/mol. The molecular weight excluding hydrogens is 220 g/mol. The zero-order chi connectivity index (χ0) is 11.1. The molecule has 0 radical (unpaired) electrons.